The van der Waals surface area contributed by atoms with E-state index < -0.39 is 28.0 Å². The Bertz CT molecular complexity index is 508. The van der Waals surface area contributed by atoms with Crippen LogP contribution >= 0.6 is 11.6 Å². The predicted octanol–water partition coefficient (Wildman–Crippen LogP) is 1.90. The van der Waals surface area contributed by atoms with E-state index in [1.165, 1.54) is 18.2 Å². The molecule has 1 rings (SSSR count). The Morgan fingerprint density at radius 2 is 2.06 bits per heavy atom. The van der Waals surface area contributed by atoms with Gasteiger partial charge in [-0.3, -0.25) is 4.79 Å². The first kappa shape index (κ1) is 13.0. The largest absolute Gasteiger partial charge is 0.481 e. The second-order valence-electron chi connectivity index (χ2n) is 3.37. The molecule has 0 unspecified atom stereocenters. The lowest BCUT2D eigenvalue weighted by Crippen LogP contribution is -2.11. The summed E-state index contributed by atoms with van der Waals surface area (Å²) in [6.07, 6.45) is -0.399. The molecule has 88 valence electrons. The molecule has 0 saturated carbocycles. The second kappa shape index (κ2) is 4.84. The zero-order valence-corrected chi connectivity index (χ0v) is 10.2. The number of hydrogen-bond donors (Lipinski definition) is 1. The maximum atomic E-state index is 11.7. The van der Waals surface area contributed by atoms with Crippen LogP contribution in [0.5, 0.6) is 0 Å². The number of sulfone groups is 1. The molecular formula is C10H11ClO4S. The quantitative estimate of drug-likeness (QED) is 0.900. The van der Waals surface area contributed by atoms with Gasteiger partial charge in [-0.25, -0.2) is 8.42 Å². The average Bonchev–Trinajstić information content (AvgIpc) is 2.19. The SMILES string of the molecule is Cc1cc(S(=O)(=O)CCC(=O)O)ccc1Cl. The van der Waals surface area contributed by atoms with Crippen LogP contribution in [0.25, 0.3) is 0 Å². The van der Waals surface area contributed by atoms with Crippen LogP contribution in [-0.4, -0.2) is 25.2 Å². The van der Waals surface area contributed by atoms with Crippen molar-refractivity contribution in [2.75, 3.05) is 5.75 Å². The summed E-state index contributed by atoms with van der Waals surface area (Å²) in [4.78, 5) is 10.4. The van der Waals surface area contributed by atoms with Gasteiger partial charge in [0.2, 0.25) is 0 Å². The lowest BCUT2D eigenvalue weighted by molar-refractivity contribution is -0.136. The molecular weight excluding hydrogens is 252 g/mol. The van der Waals surface area contributed by atoms with Gasteiger partial charge in [0.15, 0.2) is 9.84 Å². The monoisotopic (exact) mass is 262 g/mol. The molecule has 1 N–H and O–H groups in total. The molecule has 0 saturated heterocycles. The van der Waals surface area contributed by atoms with Crippen molar-refractivity contribution in [3.63, 3.8) is 0 Å². The van der Waals surface area contributed by atoms with E-state index in [1.54, 1.807) is 6.92 Å². The van der Waals surface area contributed by atoms with E-state index in [0.29, 0.717) is 10.6 Å². The lowest BCUT2D eigenvalue weighted by atomic mass is 10.2. The fourth-order valence-corrected chi connectivity index (χ4v) is 2.58. The number of carboxylic acid groups (broad SMARTS) is 1. The second-order valence-corrected chi connectivity index (χ2v) is 5.89. The summed E-state index contributed by atoms with van der Waals surface area (Å²) in [5.74, 6) is -1.53. The highest BCUT2D eigenvalue weighted by Gasteiger charge is 2.16. The maximum absolute atomic E-state index is 11.7. The van der Waals surface area contributed by atoms with Crippen molar-refractivity contribution in [2.45, 2.75) is 18.2 Å². The van der Waals surface area contributed by atoms with Gasteiger partial charge in [0.05, 0.1) is 17.1 Å². The fraction of sp³-hybridized carbons (Fsp3) is 0.300. The standard InChI is InChI=1S/C10H11ClO4S/c1-7-6-8(2-3-9(7)11)16(14,15)5-4-10(12)13/h2-3,6H,4-5H2,1H3,(H,12,13). The van der Waals surface area contributed by atoms with Crippen LogP contribution in [-0.2, 0) is 14.6 Å². The molecule has 0 amide bonds. The minimum absolute atomic E-state index is 0.107. The number of hydrogen-bond acceptors (Lipinski definition) is 3. The van der Waals surface area contributed by atoms with E-state index in [1.807, 2.05) is 0 Å². The minimum atomic E-state index is -3.53. The molecule has 4 nitrogen and oxygen atoms in total. The first-order valence-corrected chi connectivity index (χ1v) is 6.56. The van der Waals surface area contributed by atoms with Crippen molar-refractivity contribution < 1.29 is 18.3 Å². The van der Waals surface area contributed by atoms with Gasteiger partial charge in [-0.2, -0.15) is 0 Å². The van der Waals surface area contributed by atoms with Gasteiger partial charge < -0.3 is 5.11 Å². The number of carbonyl (C=O) groups is 1. The van der Waals surface area contributed by atoms with E-state index in [4.69, 9.17) is 16.7 Å². The Balaban J connectivity index is 2.99. The molecule has 0 aliphatic heterocycles. The lowest BCUT2D eigenvalue weighted by Gasteiger charge is -2.04. The third-order valence-electron chi connectivity index (χ3n) is 2.07. The maximum Gasteiger partial charge on any atom is 0.304 e. The average molecular weight is 263 g/mol. The van der Waals surface area contributed by atoms with Crippen LogP contribution in [0, 0.1) is 6.92 Å². The van der Waals surface area contributed by atoms with Crippen molar-refractivity contribution in [2.24, 2.45) is 0 Å². The van der Waals surface area contributed by atoms with E-state index >= 15 is 0 Å². The normalized spacial score (nSPS) is 11.4. The molecule has 6 heteroatoms. The summed E-state index contributed by atoms with van der Waals surface area (Å²) in [5.41, 5.74) is 0.651. The molecule has 0 aromatic heterocycles. The number of rotatable bonds is 4. The Morgan fingerprint density at radius 3 is 2.56 bits per heavy atom. The number of aryl methyl sites for hydroxylation is 1. The van der Waals surface area contributed by atoms with E-state index in [9.17, 15) is 13.2 Å². The number of carboxylic acids is 1. The van der Waals surface area contributed by atoms with Crippen LogP contribution in [0.3, 0.4) is 0 Å². The molecule has 0 spiro atoms. The Kier molecular flexibility index (Phi) is 3.93. The van der Waals surface area contributed by atoms with Gasteiger partial charge >= 0.3 is 5.97 Å². The predicted molar refractivity (Wildman–Crippen MR) is 60.5 cm³/mol. The fourth-order valence-electron chi connectivity index (χ4n) is 1.15. The van der Waals surface area contributed by atoms with Gasteiger partial charge in [0, 0.05) is 5.02 Å². The number of benzene rings is 1. The van der Waals surface area contributed by atoms with E-state index in [0.717, 1.165) is 0 Å². The molecule has 0 aliphatic carbocycles. The minimum Gasteiger partial charge on any atom is -0.481 e. The molecule has 0 bridgehead atoms. The van der Waals surface area contributed by atoms with Gasteiger partial charge in [-0.05, 0) is 30.7 Å². The number of halogens is 1. The van der Waals surface area contributed by atoms with Gasteiger partial charge in [0.25, 0.3) is 0 Å². The zero-order valence-electron chi connectivity index (χ0n) is 8.60. The summed E-state index contributed by atoms with van der Waals surface area (Å²) in [7, 11) is -3.53. The Labute approximate surface area is 98.8 Å². The van der Waals surface area contributed by atoms with Crippen molar-refractivity contribution in [1.82, 2.24) is 0 Å². The summed E-state index contributed by atoms with van der Waals surface area (Å²) in [6.45, 7) is 1.69. The molecule has 16 heavy (non-hydrogen) atoms. The van der Waals surface area contributed by atoms with Crippen molar-refractivity contribution in [3.8, 4) is 0 Å². The Morgan fingerprint density at radius 1 is 1.44 bits per heavy atom. The smallest absolute Gasteiger partial charge is 0.304 e. The van der Waals surface area contributed by atoms with E-state index in [2.05, 4.69) is 0 Å². The van der Waals surface area contributed by atoms with Crippen molar-refractivity contribution in [3.05, 3.63) is 28.8 Å². The van der Waals surface area contributed by atoms with Crippen LogP contribution < -0.4 is 0 Å². The van der Waals surface area contributed by atoms with E-state index in [-0.39, 0.29) is 4.90 Å². The first-order valence-electron chi connectivity index (χ1n) is 4.53. The molecule has 1 aromatic carbocycles. The molecule has 0 radical (unpaired) electrons. The highest BCUT2D eigenvalue weighted by Crippen LogP contribution is 2.20. The summed E-state index contributed by atoms with van der Waals surface area (Å²) >= 11 is 5.77. The summed E-state index contributed by atoms with van der Waals surface area (Å²) in [6, 6.07) is 4.32. The van der Waals surface area contributed by atoms with Gasteiger partial charge in [-0.15, -0.1) is 0 Å². The third-order valence-corrected chi connectivity index (χ3v) is 4.21. The van der Waals surface area contributed by atoms with Gasteiger partial charge in [-0.1, -0.05) is 11.6 Å². The number of aliphatic carboxylic acids is 1. The first-order chi connectivity index (χ1) is 7.33. The highest BCUT2D eigenvalue weighted by molar-refractivity contribution is 7.91. The third kappa shape index (κ3) is 3.21. The Hall–Kier alpha value is -1.07. The summed E-state index contributed by atoms with van der Waals surface area (Å²) < 4.78 is 23.4. The molecule has 1 aromatic rings. The topological polar surface area (TPSA) is 71.4 Å². The van der Waals surface area contributed by atoms with Crippen LogP contribution in [0.15, 0.2) is 23.1 Å². The van der Waals surface area contributed by atoms with Crippen LogP contribution in [0.4, 0.5) is 0 Å². The van der Waals surface area contributed by atoms with Crippen molar-refractivity contribution in [1.29, 1.82) is 0 Å². The molecule has 0 aliphatic rings. The van der Waals surface area contributed by atoms with Gasteiger partial charge in [0.1, 0.15) is 0 Å². The van der Waals surface area contributed by atoms with Crippen LogP contribution in [0.2, 0.25) is 5.02 Å². The molecule has 0 heterocycles. The van der Waals surface area contributed by atoms with Crippen LogP contribution in [0.1, 0.15) is 12.0 Å². The summed E-state index contributed by atoms with van der Waals surface area (Å²) in [5, 5.41) is 8.92. The highest BCUT2D eigenvalue weighted by atomic mass is 35.5. The molecule has 0 fully saturated rings. The molecule has 0 atom stereocenters. The zero-order chi connectivity index (χ0) is 12.3. The van der Waals surface area contributed by atoms with Crippen molar-refractivity contribution >= 4 is 27.4 Å².